The lowest BCUT2D eigenvalue weighted by Crippen LogP contribution is -2.42. The molecular weight excluding hydrogens is 456 g/mol. The van der Waals surface area contributed by atoms with Crippen LogP contribution in [-0.4, -0.2) is 37.7 Å². The summed E-state index contributed by atoms with van der Waals surface area (Å²) in [6.45, 7) is 0.759. The Morgan fingerprint density at radius 3 is 2.65 bits per heavy atom. The summed E-state index contributed by atoms with van der Waals surface area (Å²) >= 11 is 1.61. The van der Waals surface area contributed by atoms with Gasteiger partial charge in [-0.05, 0) is 47.7 Å². The fourth-order valence-electron chi connectivity index (χ4n) is 3.31. The molecule has 10 heteroatoms. The Morgan fingerprint density at radius 2 is 1.79 bits per heavy atom. The van der Waals surface area contributed by atoms with E-state index in [4.69, 9.17) is 9.47 Å². The lowest BCUT2D eigenvalue weighted by Gasteiger charge is -2.12. The molecule has 0 saturated carbocycles. The molecule has 1 aliphatic rings. The van der Waals surface area contributed by atoms with Crippen molar-refractivity contribution >= 4 is 34.9 Å². The van der Waals surface area contributed by atoms with E-state index in [1.807, 2.05) is 29.6 Å². The first-order valence-corrected chi connectivity index (χ1v) is 11.6. The molecule has 0 radical (unpaired) electrons. The summed E-state index contributed by atoms with van der Waals surface area (Å²) in [5.74, 6) is 0.520. The Bertz CT molecular complexity index is 1170. The summed E-state index contributed by atoms with van der Waals surface area (Å²) in [5.41, 5.74) is 1.74. The number of carbonyl (C=O) groups is 3. The van der Waals surface area contributed by atoms with Crippen LogP contribution in [0.4, 0.5) is 10.5 Å². The Hall–Kier alpha value is -4.05. The topological polar surface area (TPSA) is 118 Å². The van der Waals surface area contributed by atoms with Gasteiger partial charge in [-0.3, -0.25) is 14.9 Å². The van der Waals surface area contributed by atoms with Gasteiger partial charge in [-0.15, -0.1) is 11.3 Å². The molecule has 1 aromatic heterocycles. The molecule has 2 aromatic carbocycles. The molecule has 176 valence electrons. The molecule has 2 heterocycles. The first kappa shape index (κ1) is 23.1. The number of para-hydroxylation sites is 1. The first-order valence-electron chi connectivity index (χ1n) is 10.7. The number of hydrogen-bond donors (Lipinski definition) is 4. The number of thiophene rings is 1. The Balaban J connectivity index is 1.24. The van der Waals surface area contributed by atoms with Crippen molar-refractivity contribution in [1.29, 1.82) is 0 Å². The second kappa shape index (κ2) is 11.2. The van der Waals surface area contributed by atoms with E-state index in [1.54, 1.807) is 41.7 Å². The first-order chi connectivity index (χ1) is 16.6. The molecule has 4 amide bonds. The average molecular weight is 481 g/mol. The van der Waals surface area contributed by atoms with Crippen molar-refractivity contribution < 1.29 is 23.9 Å². The highest BCUT2D eigenvalue weighted by molar-refractivity contribution is 7.09. The predicted molar refractivity (Wildman–Crippen MR) is 128 cm³/mol. The Morgan fingerprint density at radius 1 is 0.941 bits per heavy atom. The fraction of sp³-hybridized carbons (Fsp3) is 0.208. The molecule has 0 spiro atoms. The molecule has 9 nitrogen and oxygen atoms in total. The number of imide groups is 1. The van der Waals surface area contributed by atoms with E-state index in [-0.39, 0.29) is 19.2 Å². The van der Waals surface area contributed by atoms with Gasteiger partial charge in [0.25, 0.3) is 5.91 Å². The van der Waals surface area contributed by atoms with Crippen LogP contribution in [0.25, 0.3) is 0 Å². The molecule has 0 saturated heterocycles. The van der Waals surface area contributed by atoms with Crippen molar-refractivity contribution in [2.24, 2.45) is 0 Å². The van der Waals surface area contributed by atoms with Crippen LogP contribution in [0.1, 0.15) is 20.8 Å². The molecule has 1 aliphatic heterocycles. The number of anilines is 1. The standard InChI is InChI=1S/C24H24N4O5S/c29-22(28-24(31)25-10-9-17-4-3-11-34-17)14-26-19-6-2-1-5-18(19)23(30)27-13-16-7-8-20-21(12-16)33-15-32-20/h1-8,11-12,26H,9-10,13-15H2,(H,27,30)(H2,25,28,29,31). The number of rotatable bonds is 9. The number of urea groups is 1. The van der Waals surface area contributed by atoms with Crippen molar-refractivity contribution in [3.8, 4) is 11.5 Å². The zero-order valence-electron chi connectivity index (χ0n) is 18.3. The Labute approximate surface area is 200 Å². The third-order valence-corrected chi connectivity index (χ3v) is 5.93. The van der Waals surface area contributed by atoms with Gasteiger partial charge in [0, 0.05) is 23.7 Å². The van der Waals surface area contributed by atoms with Crippen LogP contribution in [0.2, 0.25) is 0 Å². The molecule has 0 aliphatic carbocycles. The highest BCUT2D eigenvalue weighted by Crippen LogP contribution is 2.32. The largest absolute Gasteiger partial charge is 0.454 e. The van der Waals surface area contributed by atoms with Gasteiger partial charge in [-0.25, -0.2) is 4.79 Å². The van der Waals surface area contributed by atoms with Crippen LogP contribution in [0.3, 0.4) is 0 Å². The molecule has 34 heavy (non-hydrogen) atoms. The number of nitrogens with one attached hydrogen (secondary N) is 4. The molecule has 0 bridgehead atoms. The SMILES string of the molecule is O=C(CNc1ccccc1C(=O)NCc1ccc2c(c1)OCO2)NC(=O)NCCc1cccs1. The van der Waals surface area contributed by atoms with Crippen molar-refractivity contribution in [1.82, 2.24) is 16.0 Å². The summed E-state index contributed by atoms with van der Waals surface area (Å²) in [6, 6.07) is 15.7. The van der Waals surface area contributed by atoms with Gasteiger partial charge >= 0.3 is 6.03 Å². The number of carbonyl (C=O) groups excluding carboxylic acids is 3. The van der Waals surface area contributed by atoms with Gasteiger partial charge in [0.15, 0.2) is 11.5 Å². The normalized spacial score (nSPS) is 11.5. The van der Waals surface area contributed by atoms with E-state index in [1.165, 1.54) is 0 Å². The average Bonchev–Trinajstić information content (AvgIpc) is 3.53. The molecule has 3 aromatic rings. The minimum absolute atomic E-state index is 0.162. The highest BCUT2D eigenvalue weighted by Gasteiger charge is 2.15. The quantitative estimate of drug-likeness (QED) is 0.374. The van der Waals surface area contributed by atoms with Crippen LogP contribution in [0, 0.1) is 0 Å². The van der Waals surface area contributed by atoms with E-state index in [0.29, 0.717) is 42.3 Å². The van der Waals surface area contributed by atoms with Gasteiger partial charge in [-0.2, -0.15) is 0 Å². The zero-order chi connectivity index (χ0) is 23.8. The summed E-state index contributed by atoms with van der Waals surface area (Å²) in [4.78, 5) is 38.0. The van der Waals surface area contributed by atoms with Crippen molar-refractivity contribution in [2.45, 2.75) is 13.0 Å². The van der Waals surface area contributed by atoms with E-state index < -0.39 is 11.9 Å². The maximum Gasteiger partial charge on any atom is 0.321 e. The molecule has 0 unspecified atom stereocenters. The van der Waals surface area contributed by atoms with Crippen LogP contribution < -0.4 is 30.7 Å². The van der Waals surface area contributed by atoms with Crippen molar-refractivity contribution in [2.75, 3.05) is 25.2 Å². The molecule has 0 atom stereocenters. The van der Waals surface area contributed by atoms with Crippen molar-refractivity contribution in [3.05, 3.63) is 76.0 Å². The Kier molecular flexibility index (Phi) is 7.61. The lowest BCUT2D eigenvalue weighted by molar-refractivity contribution is -0.118. The summed E-state index contributed by atoms with van der Waals surface area (Å²) in [6.07, 6.45) is 0.701. The number of ether oxygens (including phenoxy) is 2. The number of amides is 4. The summed E-state index contributed by atoms with van der Waals surface area (Å²) < 4.78 is 10.7. The summed E-state index contributed by atoms with van der Waals surface area (Å²) in [7, 11) is 0. The van der Waals surface area contributed by atoms with E-state index in [2.05, 4.69) is 21.3 Å². The maximum absolute atomic E-state index is 12.7. The van der Waals surface area contributed by atoms with Gasteiger partial charge in [0.1, 0.15) is 0 Å². The second-order valence-corrected chi connectivity index (χ2v) is 8.44. The zero-order valence-corrected chi connectivity index (χ0v) is 19.1. The van der Waals surface area contributed by atoms with Crippen molar-refractivity contribution in [3.63, 3.8) is 0 Å². The van der Waals surface area contributed by atoms with Gasteiger partial charge in [0.2, 0.25) is 12.7 Å². The van der Waals surface area contributed by atoms with E-state index in [0.717, 1.165) is 10.4 Å². The highest BCUT2D eigenvalue weighted by atomic mass is 32.1. The second-order valence-electron chi connectivity index (χ2n) is 7.40. The molecular formula is C24H24N4O5S. The van der Waals surface area contributed by atoms with Crippen LogP contribution in [0.5, 0.6) is 11.5 Å². The van der Waals surface area contributed by atoms with Crippen LogP contribution in [-0.2, 0) is 17.8 Å². The number of hydrogen-bond acceptors (Lipinski definition) is 7. The number of benzene rings is 2. The smallest absolute Gasteiger partial charge is 0.321 e. The van der Waals surface area contributed by atoms with Gasteiger partial charge < -0.3 is 25.4 Å². The van der Waals surface area contributed by atoms with Gasteiger partial charge in [0.05, 0.1) is 12.1 Å². The minimum atomic E-state index is -0.557. The molecule has 4 rings (SSSR count). The number of fused-ring (bicyclic) bond motifs is 1. The van der Waals surface area contributed by atoms with Crippen LogP contribution in [0.15, 0.2) is 60.0 Å². The molecule has 0 fully saturated rings. The predicted octanol–water partition coefficient (Wildman–Crippen LogP) is 2.89. The third-order valence-electron chi connectivity index (χ3n) is 4.99. The summed E-state index contributed by atoms with van der Waals surface area (Å²) in [5, 5.41) is 12.7. The maximum atomic E-state index is 12.7. The lowest BCUT2D eigenvalue weighted by atomic mass is 10.1. The van der Waals surface area contributed by atoms with Gasteiger partial charge in [-0.1, -0.05) is 24.3 Å². The molecule has 4 N–H and O–H groups in total. The monoisotopic (exact) mass is 480 g/mol. The van der Waals surface area contributed by atoms with E-state index >= 15 is 0 Å². The van der Waals surface area contributed by atoms with E-state index in [9.17, 15) is 14.4 Å². The third kappa shape index (κ3) is 6.26. The fourth-order valence-corrected chi connectivity index (χ4v) is 4.02. The van der Waals surface area contributed by atoms with Crippen LogP contribution >= 0.6 is 11.3 Å². The minimum Gasteiger partial charge on any atom is -0.454 e.